The number of carbonyl (C=O) groups excluding carboxylic acids is 2. The lowest BCUT2D eigenvalue weighted by molar-refractivity contribution is -0.129. The summed E-state index contributed by atoms with van der Waals surface area (Å²) < 4.78 is 5.19. The molecule has 6 heteroatoms. The van der Waals surface area contributed by atoms with Gasteiger partial charge in [0.25, 0.3) is 0 Å². The van der Waals surface area contributed by atoms with Gasteiger partial charge in [-0.05, 0) is 25.5 Å². The number of fused-ring (bicyclic) bond motifs is 1. The minimum Gasteiger partial charge on any atom is -0.356 e. The number of nitrogens with zero attached hydrogens (tertiary/aromatic N) is 2. The molecule has 0 spiro atoms. The standard InChI is InChI=1S/C16H19N3O3/c1-11(10-19-8-4-7-16(19)21)17-15(20)9-13-12-5-2-3-6-14(12)22-18-13/h2-3,5-6,11H,4,7-10H2,1H3,(H,17,20)/t11-/m1/s1. The Bertz CT molecular complexity index is 695. The van der Waals surface area contributed by atoms with Gasteiger partial charge in [-0.15, -0.1) is 0 Å². The molecule has 1 aromatic carbocycles. The van der Waals surface area contributed by atoms with Crippen molar-refractivity contribution in [1.82, 2.24) is 15.4 Å². The molecule has 0 radical (unpaired) electrons. The van der Waals surface area contributed by atoms with Gasteiger partial charge in [-0.1, -0.05) is 17.3 Å². The van der Waals surface area contributed by atoms with E-state index in [0.29, 0.717) is 24.2 Å². The topological polar surface area (TPSA) is 75.4 Å². The summed E-state index contributed by atoms with van der Waals surface area (Å²) >= 11 is 0. The molecule has 2 heterocycles. The largest absolute Gasteiger partial charge is 0.356 e. The number of amides is 2. The monoisotopic (exact) mass is 301 g/mol. The fraction of sp³-hybridized carbons (Fsp3) is 0.438. The normalized spacial score (nSPS) is 16.2. The first-order chi connectivity index (χ1) is 10.6. The van der Waals surface area contributed by atoms with Crippen LogP contribution in [0.1, 0.15) is 25.5 Å². The maximum atomic E-state index is 12.1. The van der Waals surface area contributed by atoms with Crippen molar-refractivity contribution in [3.05, 3.63) is 30.0 Å². The van der Waals surface area contributed by atoms with Crippen LogP contribution in [0.25, 0.3) is 11.0 Å². The van der Waals surface area contributed by atoms with Gasteiger partial charge in [0.2, 0.25) is 11.8 Å². The second-order valence-corrected chi connectivity index (χ2v) is 5.71. The van der Waals surface area contributed by atoms with Gasteiger partial charge in [0, 0.05) is 30.9 Å². The first-order valence-corrected chi connectivity index (χ1v) is 7.54. The summed E-state index contributed by atoms with van der Waals surface area (Å²) in [5, 5.41) is 7.73. The molecule has 1 aromatic heterocycles. The Kier molecular flexibility index (Phi) is 4.09. The van der Waals surface area contributed by atoms with Crippen molar-refractivity contribution >= 4 is 22.8 Å². The molecule has 0 unspecified atom stereocenters. The number of benzene rings is 1. The van der Waals surface area contributed by atoms with Crippen molar-refractivity contribution in [3.8, 4) is 0 Å². The van der Waals surface area contributed by atoms with E-state index in [1.54, 1.807) is 4.90 Å². The first kappa shape index (κ1) is 14.6. The van der Waals surface area contributed by atoms with E-state index in [1.807, 2.05) is 31.2 Å². The third-order valence-corrected chi connectivity index (χ3v) is 3.85. The van der Waals surface area contributed by atoms with Crippen LogP contribution in [0.5, 0.6) is 0 Å². The van der Waals surface area contributed by atoms with Crippen molar-refractivity contribution in [2.75, 3.05) is 13.1 Å². The fourth-order valence-electron chi connectivity index (χ4n) is 2.82. The van der Waals surface area contributed by atoms with Gasteiger partial charge in [-0.2, -0.15) is 0 Å². The lowest BCUT2D eigenvalue weighted by Crippen LogP contribution is -2.43. The molecule has 1 aliphatic heterocycles. The zero-order valence-corrected chi connectivity index (χ0v) is 12.5. The quantitative estimate of drug-likeness (QED) is 0.908. The van der Waals surface area contributed by atoms with Crippen LogP contribution < -0.4 is 5.32 Å². The lowest BCUT2D eigenvalue weighted by Gasteiger charge is -2.21. The lowest BCUT2D eigenvalue weighted by atomic mass is 10.1. The molecule has 6 nitrogen and oxygen atoms in total. The Morgan fingerprint density at radius 2 is 2.27 bits per heavy atom. The first-order valence-electron chi connectivity index (χ1n) is 7.54. The molecule has 2 aromatic rings. The van der Waals surface area contributed by atoms with Crippen LogP contribution in [0.15, 0.2) is 28.8 Å². The molecule has 3 rings (SSSR count). The Morgan fingerprint density at radius 3 is 3.05 bits per heavy atom. The summed E-state index contributed by atoms with van der Waals surface area (Å²) in [5.74, 6) is 0.0572. The zero-order valence-electron chi connectivity index (χ0n) is 12.5. The summed E-state index contributed by atoms with van der Waals surface area (Å²) in [5.41, 5.74) is 1.32. The SMILES string of the molecule is C[C@H](CN1CCCC1=O)NC(=O)Cc1noc2ccccc12. The molecule has 1 fully saturated rings. The van der Waals surface area contributed by atoms with Gasteiger partial charge in [0.05, 0.1) is 6.42 Å². The summed E-state index contributed by atoms with van der Waals surface area (Å²) in [6.07, 6.45) is 1.70. The predicted octanol–water partition coefficient (Wildman–Crippen LogP) is 1.50. The summed E-state index contributed by atoms with van der Waals surface area (Å²) in [4.78, 5) is 25.5. The molecule has 1 aliphatic rings. The molecule has 0 saturated carbocycles. The van der Waals surface area contributed by atoms with Crippen LogP contribution in [-0.4, -0.2) is 41.0 Å². The highest BCUT2D eigenvalue weighted by Gasteiger charge is 2.22. The molecule has 22 heavy (non-hydrogen) atoms. The van der Waals surface area contributed by atoms with Crippen molar-refractivity contribution in [3.63, 3.8) is 0 Å². The minimum atomic E-state index is -0.113. The van der Waals surface area contributed by atoms with Crippen LogP contribution in [0, 0.1) is 0 Å². The van der Waals surface area contributed by atoms with Crippen molar-refractivity contribution in [1.29, 1.82) is 0 Å². The molecule has 2 amide bonds. The van der Waals surface area contributed by atoms with E-state index in [0.717, 1.165) is 18.4 Å². The predicted molar refractivity (Wildman–Crippen MR) is 81.1 cm³/mol. The Balaban J connectivity index is 1.57. The Labute approximate surface area is 128 Å². The van der Waals surface area contributed by atoms with E-state index < -0.39 is 0 Å². The third kappa shape index (κ3) is 3.10. The van der Waals surface area contributed by atoms with E-state index in [9.17, 15) is 9.59 Å². The second-order valence-electron chi connectivity index (χ2n) is 5.71. The van der Waals surface area contributed by atoms with E-state index in [1.165, 1.54) is 0 Å². The van der Waals surface area contributed by atoms with E-state index in [4.69, 9.17) is 4.52 Å². The van der Waals surface area contributed by atoms with Crippen LogP contribution in [-0.2, 0) is 16.0 Å². The van der Waals surface area contributed by atoms with Gasteiger partial charge in [0.1, 0.15) is 5.69 Å². The summed E-state index contributed by atoms with van der Waals surface area (Å²) in [7, 11) is 0. The molecule has 1 N–H and O–H groups in total. The molecule has 0 aliphatic carbocycles. The van der Waals surface area contributed by atoms with Crippen LogP contribution in [0.2, 0.25) is 0 Å². The number of hydrogen-bond acceptors (Lipinski definition) is 4. The number of aromatic nitrogens is 1. The molecule has 116 valence electrons. The Morgan fingerprint density at radius 1 is 1.45 bits per heavy atom. The van der Waals surface area contributed by atoms with Gasteiger partial charge < -0.3 is 14.7 Å². The number of para-hydroxylation sites is 1. The van der Waals surface area contributed by atoms with Gasteiger partial charge in [0.15, 0.2) is 5.58 Å². The van der Waals surface area contributed by atoms with E-state index in [2.05, 4.69) is 10.5 Å². The maximum absolute atomic E-state index is 12.1. The van der Waals surface area contributed by atoms with Gasteiger partial charge in [-0.25, -0.2) is 0 Å². The van der Waals surface area contributed by atoms with Crippen molar-refractivity contribution in [2.24, 2.45) is 0 Å². The van der Waals surface area contributed by atoms with Gasteiger partial charge in [-0.3, -0.25) is 9.59 Å². The maximum Gasteiger partial charge on any atom is 0.226 e. The van der Waals surface area contributed by atoms with Gasteiger partial charge >= 0.3 is 0 Å². The van der Waals surface area contributed by atoms with Crippen molar-refractivity contribution < 1.29 is 14.1 Å². The van der Waals surface area contributed by atoms with Crippen LogP contribution >= 0.6 is 0 Å². The van der Waals surface area contributed by atoms with Crippen LogP contribution in [0.3, 0.4) is 0 Å². The minimum absolute atomic E-state index is 0.0762. The molecular formula is C16H19N3O3. The van der Waals surface area contributed by atoms with Crippen LogP contribution in [0.4, 0.5) is 0 Å². The zero-order chi connectivity index (χ0) is 15.5. The Hall–Kier alpha value is -2.37. The molecule has 0 bridgehead atoms. The third-order valence-electron chi connectivity index (χ3n) is 3.85. The highest BCUT2D eigenvalue weighted by atomic mass is 16.5. The number of hydrogen-bond donors (Lipinski definition) is 1. The number of nitrogens with one attached hydrogen (secondary N) is 1. The van der Waals surface area contributed by atoms with E-state index in [-0.39, 0.29) is 24.3 Å². The number of likely N-dealkylation sites (tertiary alicyclic amines) is 1. The average molecular weight is 301 g/mol. The summed E-state index contributed by atoms with van der Waals surface area (Å²) in [6.45, 7) is 3.25. The average Bonchev–Trinajstić information content (AvgIpc) is 3.07. The molecular weight excluding hydrogens is 282 g/mol. The number of rotatable bonds is 5. The van der Waals surface area contributed by atoms with Crippen molar-refractivity contribution in [2.45, 2.75) is 32.2 Å². The highest BCUT2D eigenvalue weighted by molar-refractivity contribution is 5.86. The number of carbonyl (C=O) groups is 2. The summed E-state index contributed by atoms with van der Waals surface area (Å²) in [6, 6.07) is 7.40. The smallest absolute Gasteiger partial charge is 0.226 e. The molecule has 1 saturated heterocycles. The fourth-order valence-corrected chi connectivity index (χ4v) is 2.82. The van der Waals surface area contributed by atoms with E-state index >= 15 is 0 Å². The molecule has 1 atom stereocenters. The second kappa shape index (κ2) is 6.17. The highest BCUT2D eigenvalue weighted by Crippen LogP contribution is 2.18.